The Kier molecular flexibility index (Phi) is 9.17. The molecule has 0 bridgehead atoms. The molecule has 1 N–H and O–H groups in total. The Bertz CT molecular complexity index is 1090. The van der Waals surface area contributed by atoms with Crippen LogP contribution < -0.4 is 9.62 Å². The van der Waals surface area contributed by atoms with Gasteiger partial charge in [-0.15, -0.1) is 0 Å². The van der Waals surface area contributed by atoms with Crippen LogP contribution in [0.5, 0.6) is 0 Å². The third kappa shape index (κ3) is 7.01. The van der Waals surface area contributed by atoms with Gasteiger partial charge in [0.1, 0.15) is 18.4 Å². The van der Waals surface area contributed by atoms with Gasteiger partial charge in [-0.1, -0.05) is 29.8 Å². The number of nitrogens with one attached hydrogen (secondary N) is 1. The fraction of sp³-hybridized carbons (Fsp3) is 0.417. The largest absolute Gasteiger partial charge is 0.352 e. The van der Waals surface area contributed by atoms with Gasteiger partial charge < -0.3 is 10.2 Å². The smallest absolute Gasteiger partial charge is 0.304 e. The summed E-state index contributed by atoms with van der Waals surface area (Å²) >= 11 is 0. The molecule has 0 saturated carbocycles. The molecule has 2 aromatic carbocycles. The van der Waals surface area contributed by atoms with Crippen LogP contribution >= 0.6 is 0 Å². The molecule has 0 aliphatic heterocycles. The Hall–Kier alpha value is -2.98. The lowest BCUT2D eigenvalue weighted by Crippen LogP contribution is -2.53. The number of hydrogen-bond acceptors (Lipinski definition) is 4. The number of benzene rings is 2. The lowest BCUT2D eigenvalue weighted by atomic mass is 10.1. The maximum Gasteiger partial charge on any atom is 0.304 e. The molecule has 1 unspecified atom stereocenters. The third-order valence-corrected chi connectivity index (χ3v) is 7.02. The summed E-state index contributed by atoms with van der Waals surface area (Å²) < 4.78 is 41.4. The van der Waals surface area contributed by atoms with Crippen molar-refractivity contribution in [2.75, 3.05) is 24.9 Å². The Morgan fingerprint density at radius 3 is 2.03 bits per heavy atom. The zero-order valence-corrected chi connectivity index (χ0v) is 21.3. The molecule has 0 saturated heterocycles. The Balaban J connectivity index is 2.43. The first-order valence-electron chi connectivity index (χ1n) is 10.9. The molecule has 34 heavy (non-hydrogen) atoms. The van der Waals surface area contributed by atoms with Crippen LogP contribution in [0, 0.1) is 12.7 Å². The molecule has 0 radical (unpaired) electrons. The zero-order chi connectivity index (χ0) is 25.6. The number of rotatable bonds is 10. The normalized spacial score (nSPS) is 12.5. The SMILES string of the molecule is Cc1ccc(CN(C(=O)CN(c2ccc(F)cc2)S(=O)(=O)N(C)C)C(C)C(=O)NC(C)C)cc1. The molecule has 10 heteroatoms. The van der Waals surface area contributed by atoms with Crippen LogP contribution in [0.25, 0.3) is 0 Å². The van der Waals surface area contributed by atoms with E-state index in [-0.39, 0.29) is 24.2 Å². The number of halogens is 1. The van der Waals surface area contributed by atoms with Gasteiger partial charge in [-0.05, 0) is 57.5 Å². The van der Waals surface area contributed by atoms with Gasteiger partial charge in [-0.2, -0.15) is 12.7 Å². The fourth-order valence-corrected chi connectivity index (χ4v) is 4.26. The minimum Gasteiger partial charge on any atom is -0.352 e. The molecular formula is C24H33FN4O4S. The monoisotopic (exact) mass is 492 g/mol. The highest BCUT2D eigenvalue weighted by atomic mass is 32.2. The van der Waals surface area contributed by atoms with Crippen molar-refractivity contribution < 1.29 is 22.4 Å². The quantitative estimate of drug-likeness (QED) is 0.552. The molecule has 0 heterocycles. The maximum absolute atomic E-state index is 13.5. The highest BCUT2D eigenvalue weighted by molar-refractivity contribution is 7.90. The lowest BCUT2D eigenvalue weighted by molar-refractivity contribution is -0.139. The van der Waals surface area contributed by atoms with E-state index in [0.29, 0.717) is 0 Å². The van der Waals surface area contributed by atoms with E-state index in [0.717, 1.165) is 31.9 Å². The summed E-state index contributed by atoms with van der Waals surface area (Å²) in [6.45, 7) is 6.74. The molecule has 0 fully saturated rings. The van der Waals surface area contributed by atoms with Crippen LogP contribution in [0.3, 0.4) is 0 Å². The second-order valence-corrected chi connectivity index (χ2v) is 10.7. The lowest BCUT2D eigenvalue weighted by Gasteiger charge is -2.33. The number of anilines is 1. The Morgan fingerprint density at radius 2 is 1.53 bits per heavy atom. The van der Waals surface area contributed by atoms with E-state index in [9.17, 15) is 22.4 Å². The first kappa shape index (κ1) is 27.3. The predicted molar refractivity (Wildman–Crippen MR) is 131 cm³/mol. The molecule has 2 aromatic rings. The summed E-state index contributed by atoms with van der Waals surface area (Å²) in [5.74, 6) is -1.45. The van der Waals surface area contributed by atoms with E-state index in [4.69, 9.17) is 0 Å². The van der Waals surface area contributed by atoms with Gasteiger partial charge in [-0.25, -0.2) is 8.70 Å². The molecule has 186 valence electrons. The van der Waals surface area contributed by atoms with E-state index in [1.807, 2.05) is 45.0 Å². The van der Waals surface area contributed by atoms with Gasteiger partial charge in [-0.3, -0.25) is 9.59 Å². The maximum atomic E-state index is 13.5. The van der Waals surface area contributed by atoms with Crippen molar-refractivity contribution in [2.24, 2.45) is 0 Å². The highest BCUT2D eigenvalue weighted by Gasteiger charge is 2.32. The van der Waals surface area contributed by atoms with Crippen molar-refractivity contribution in [2.45, 2.75) is 46.3 Å². The van der Waals surface area contributed by atoms with Gasteiger partial charge in [0.05, 0.1) is 5.69 Å². The zero-order valence-electron chi connectivity index (χ0n) is 20.4. The van der Waals surface area contributed by atoms with E-state index in [1.54, 1.807) is 6.92 Å². The third-order valence-electron chi connectivity index (χ3n) is 5.21. The minimum atomic E-state index is -4.08. The Labute approximate surface area is 201 Å². The van der Waals surface area contributed by atoms with Crippen molar-refractivity contribution in [3.63, 3.8) is 0 Å². The summed E-state index contributed by atoms with van der Waals surface area (Å²) in [5, 5.41) is 2.80. The molecule has 0 aliphatic carbocycles. The van der Waals surface area contributed by atoms with E-state index in [2.05, 4.69) is 5.32 Å². The van der Waals surface area contributed by atoms with Crippen molar-refractivity contribution in [1.29, 1.82) is 0 Å². The van der Waals surface area contributed by atoms with Gasteiger partial charge in [0.15, 0.2) is 0 Å². The van der Waals surface area contributed by atoms with Crippen LogP contribution in [-0.4, -0.2) is 62.2 Å². The second kappa shape index (κ2) is 11.4. The number of carbonyl (C=O) groups is 2. The predicted octanol–water partition coefficient (Wildman–Crippen LogP) is 2.69. The molecule has 8 nitrogen and oxygen atoms in total. The van der Waals surface area contributed by atoms with Gasteiger partial charge in [0.25, 0.3) is 0 Å². The number of nitrogens with zero attached hydrogens (tertiary/aromatic N) is 3. The summed E-state index contributed by atoms with van der Waals surface area (Å²) in [6.07, 6.45) is 0. The number of aryl methyl sites for hydroxylation is 1. The fourth-order valence-electron chi connectivity index (χ4n) is 3.20. The molecule has 1 atom stereocenters. The number of carbonyl (C=O) groups excluding carboxylic acids is 2. The topological polar surface area (TPSA) is 90.0 Å². The molecule has 0 aromatic heterocycles. The van der Waals surface area contributed by atoms with Gasteiger partial charge >= 0.3 is 10.2 Å². The average molecular weight is 493 g/mol. The average Bonchev–Trinajstić information content (AvgIpc) is 2.76. The van der Waals surface area contributed by atoms with Crippen molar-refractivity contribution in [3.05, 3.63) is 65.5 Å². The van der Waals surface area contributed by atoms with Crippen LogP contribution in [0.15, 0.2) is 48.5 Å². The molecular weight excluding hydrogens is 459 g/mol. The van der Waals surface area contributed by atoms with Crippen LogP contribution in [0.4, 0.5) is 10.1 Å². The van der Waals surface area contributed by atoms with Gasteiger partial charge in [0.2, 0.25) is 11.8 Å². The second-order valence-electron chi connectivity index (χ2n) is 8.62. The first-order valence-corrected chi connectivity index (χ1v) is 12.3. The summed E-state index contributed by atoms with van der Waals surface area (Å²) in [5.41, 5.74) is 1.98. The molecule has 0 spiro atoms. The van der Waals surface area contributed by atoms with E-state index < -0.39 is 34.5 Å². The van der Waals surface area contributed by atoms with Crippen LogP contribution in [0.2, 0.25) is 0 Å². The Morgan fingerprint density at radius 1 is 0.971 bits per heavy atom. The van der Waals surface area contributed by atoms with Crippen molar-refractivity contribution >= 4 is 27.7 Å². The minimum absolute atomic E-state index is 0.116. The summed E-state index contributed by atoms with van der Waals surface area (Å²) in [4.78, 5) is 27.6. The highest BCUT2D eigenvalue weighted by Crippen LogP contribution is 2.21. The van der Waals surface area contributed by atoms with Gasteiger partial charge in [0, 0.05) is 26.7 Å². The van der Waals surface area contributed by atoms with Crippen LogP contribution in [-0.2, 0) is 26.3 Å². The first-order chi connectivity index (χ1) is 15.8. The summed E-state index contributed by atoms with van der Waals surface area (Å²) in [7, 11) is -1.39. The molecule has 0 aliphatic rings. The van der Waals surface area contributed by atoms with Crippen LogP contribution in [0.1, 0.15) is 31.9 Å². The molecule has 2 rings (SSSR count). The molecule has 2 amide bonds. The summed E-state index contributed by atoms with van der Waals surface area (Å²) in [6, 6.07) is 11.4. The van der Waals surface area contributed by atoms with E-state index >= 15 is 0 Å². The van der Waals surface area contributed by atoms with Crippen molar-refractivity contribution in [3.8, 4) is 0 Å². The van der Waals surface area contributed by atoms with Crippen molar-refractivity contribution in [1.82, 2.24) is 14.5 Å². The van der Waals surface area contributed by atoms with E-state index in [1.165, 1.54) is 31.1 Å². The standard InChI is InChI=1S/C24H33FN4O4S/c1-17(2)26-24(31)19(4)28(15-20-9-7-18(3)8-10-20)23(30)16-29(34(32,33)27(5)6)22-13-11-21(25)12-14-22/h7-14,17,19H,15-16H2,1-6H3,(H,26,31). The number of amides is 2. The number of hydrogen-bond donors (Lipinski definition) is 1.